The molecule has 6 heteroatoms. The first-order chi connectivity index (χ1) is 17.6. The fourth-order valence-electron chi connectivity index (χ4n) is 3.14. The zero-order valence-electron chi connectivity index (χ0n) is 24.9. The molecule has 0 aliphatic carbocycles. The summed E-state index contributed by atoms with van der Waals surface area (Å²) in [4.78, 5) is 14.9. The number of nitrogens with one attached hydrogen (secondary N) is 1. The van der Waals surface area contributed by atoms with E-state index in [1.807, 2.05) is 26.0 Å². The Morgan fingerprint density at radius 1 is 1.19 bits per heavy atom. The number of rotatable bonds is 8. The molecule has 1 aliphatic heterocycles. The minimum atomic E-state index is -3.01. The molecular weight excluding hydrogens is 393 g/mol. The third-order valence-corrected chi connectivity index (χ3v) is 4.89. The van der Waals surface area contributed by atoms with E-state index in [4.69, 9.17) is 14.3 Å². The number of ether oxygens (including phenoxy) is 1. The van der Waals surface area contributed by atoms with Gasteiger partial charge in [0.1, 0.15) is 11.6 Å². The van der Waals surface area contributed by atoms with Crippen molar-refractivity contribution in [1.29, 1.82) is 0 Å². The van der Waals surface area contributed by atoms with Gasteiger partial charge in [-0.15, -0.1) is 0 Å². The summed E-state index contributed by atoms with van der Waals surface area (Å²) < 4.78 is 75.5. The van der Waals surface area contributed by atoms with Crippen molar-refractivity contribution >= 4 is 6.03 Å². The first-order valence-electron chi connectivity index (χ1n) is 13.9. The zero-order chi connectivity index (χ0) is 28.3. The van der Waals surface area contributed by atoms with Gasteiger partial charge in [0.15, 0.2) is 0 Å². The number of piperidine rings is 1. The first kappa shape index (κ1) is 15.2. The van der Waals surface area contributed by atoms with Crippen molar-refractivity contribution < 1.29 is 23.5 Å². The summed E-state index contributed by atoms with van der Waals surface area (Å²) in [6, 6.07) is 11.1. The largest absolute Gasteiger partial charge is 0.493 e. The molecule has 1 fully saturated rings. The van der Waals surface area contributed by atoms with Gasteiger partial charge >= 0.3 is 6.03 Å². The molecule has 0 saturated carbocycles. The third kappa shape index (κ3) is 7.24. The Morgan fingerprint density at radius 3 is 2.45 bits per heavy atom. The van der Waals surface area contributed by atoms with Crippen LogP contribution in [-0.2, 0) is 13.1 Å². The lowest BCUT2D eigenvalue weighted by Crippen LogP contribution is -2.49. The second-order valence-corrected chi connectivity index (χ2v) is 7.98. The molecule has 0 unspecified atom stereocenters. The Morgan fingerprint density at radius 2 is 1.84 bits per heavy atom. The average Bonchev–Trinajstić information content (AvgIpc) is 2.78. The zero-order valence-corrected chi connectivity index (χ0v) is 17.9. The minimum Gasteiger partial charge on any atom is -0.493 e. The molecule has 31 heavy (non-hydrogen) atoms. The Kier molecular flexibility index (Phi) is 5.48. The summed E-state index contributed by atoms with van der Waals surface area (Å²) >= 11 is 0. The highest BCUT2D eigenvalue weighted by atomic mass is 19.1. The van der Waals surface area contributed by atoms with Gasteiger partial charge in [-0.25, -0.2) is 9.18 Å². The van der Waals surface area contributed by atoms with E-state index in [9.17, 15) is 9.18 Å². The third-order valence-electron chi connectivity index (χ3n) is 4.89. The van der Waals surface area contributed by atoms with Gasteiger partial charge in [-0.1, -0.05) is 38.1 Å². The van der Waals surface area contributed by atoms with Crippen molar-refractivity contribution in [2.45, 2.75) is 45.8 Å². The van der Waals surface area contributed by atoms with Gasteiger partial charge < -0.3 is 19.9 Å². The second kappa shape index (κ2) is 11.1. The van der Waals surface area contributed by atoms with E-state index >= 15 is 0 Å². The van der Waals surface area contributed by atoms with Gasteiger partial charge in [0.05, 0.1) is 6.61 Å². The van der Waals surface area contributed by atoms with Crippen LogP contribution in [0.2, 0.25) is 0 Å². The van der Waals surface area contributed by atoms with Crippen LogP contribution in [0.4, 0.5) is 9.18 Å². The lowest BCUT2D eigenvalue weighted by molar-refractivity contribution is 0.127. The lowest BCUT2D eigenvalue weighted by atomic mass is 10.0. The molecule has 1 aliphatic rings. The fourth-order valence-corrected chi connectivity index (χ4v) is 3.14. The molecule has 0 bridgehead atoms. The highest BCUT2D eigenvalue weighted by molar-refractivity contribution is 5.74. The maximum atomic E-state index is 13.5. The molecule has 2 aromatic rings. The standard InChI is InChI=1S/C25H34FN3O2/c1-19(2)18-31-24-10-6-20(7-11-24)16-27-25(30)29(23-12-14-28(3)15-13-23)17-21-4-8-22(26)9-5-21/h4-11,19,23H,12-18H2,1-3H3,(H,27,30)/i3D3,14D2,15D2. The molecule has 0 radical (unpaired) electrons. The quantitative estimate of drug-likeness (QED) is 0.657. The maximum absolute atomic E-state index is 13.5. The van der Waals surface area contributed by atoms with E-state index in [0.29, 0.717) is 23.8 Å². The normalized spacial score (nSPS) is 22.1. The summed E-state index contributed by atoms with van der Waals surface area (Å²) in [5.74, 6) is 0.631. The van der Waals surface area contributed by atoms with Crippen molar-refractivity contribution in [3.8, 4) is 5.75 Å². The maximum Gasteiger partial charge on any atom is 0.318 e. The summed E-state index contributed by atoms with van der Waals surface area (Å²) in [6.45, 7) is -3.33. The average molecular weight is 435 g/mol. The molecule has 0 atom stereocenters. The highest BCUT2D eigenvalue weighted by Gasteiger charge is 2.27. The Labute approximate surface area is 195 Å². The van der Waals surface area contributed by atoms with E-state index < -0.39 is 50.7 Å². The molecule has 1 heterocycles. The molecule has 3 rings (SSSR count). The van der Waals surface area contributed by atoms with Gasteiger partial charge in [-0.2, -0.15) is 0 Å². The number of hydrogen-bond acceptors (Lipinski definition) is 3. The molecule has 1 saturated heterocycles. The molecule has 2 amide bonds. The van der Waals surface area contributed by atoms with Crippen LogP contribution >= 0.6 is 0 Å². The summed E-state index contributed by atoms with van der Waals surface area (Å²) in [7, 11) is 0. The van der Waals surface area contributed by atoms with Crippen molar-refractivity contribution in [3.63, 3.8) is 0 Å². The monoisotopic (exact) mass is 434 g/mol. The topological polar surface area (TPSA) is 44.8 Å². The predicted molar refractivity (Wildman–Crippen MR) is 121 cm³/mol. The van der Waals surface area contributed by atoms with Crippen molar-refractivity contribution in [3.05, 3.63) is 65.5 Å². The summed E-state index contributed by atoms with van der Waals surface area (Å²) in [5, 5.41) is 2.80. The second-order valence-electron chi connectivity index (χ2n) is 7.98. The SMILES string of the molecule is [2H]C([2H])([2H])N1C([2H])([2H])CC(N(Cc2ccc(F)cc2)C(=O)NCc2ccc(OCC(C)C)cc2)CC1([2H])[2H]. The van der Waals surface area contributed by atoms with Crippen LogP contribution in [0.25, 0.3) is 0 Å². The molecule has 1 N–H and O–H groups in total. The van der Waals surface area contributed by atoms with E-state index in [1.165, 1.54) is 29.2 Å². The number of urea groups is 1. The molecular formula is C25H34FN3O2. The van der Waals surface area contributed by atoms with Gasteiger partial charge in [0.2, 0.25) is 0 Å². The lowest BCUT2D eigenvalue weighted by Gasteiger charge is -2.37. The fraction of sp³-hybridized carbons (Fsp3) is 0.480. The number of halogens is 1. The van der Waals surface area contributed by atoms with Gasteiger partial charge in [-0.05, 0) is 74.1 Å². The molecule has 0 spiro atoms. The number of carbonyl (C=O) groups is 1. The van der Waals surface area contributed by atoms with Crippen LogP contribution in [0, 0.1) is 11.7 Å². The van der Waals surface area contributed by atoms with Crippen molar-refractivity contribution in [2.24, 2.45) is 5.92 Å². The Bertz CT molecular complexity index is 1060. The molecule has 5 nitrogen and oxygen atoms in total. The number of carbonyl (C=O) groups excluding carboxylic acids is 1. The Balaban J connectivity index is 1.80. The summed E-state index contributed by atoms with van der Waals surface area (Å²) in [6.07, 6.45) is -0.831. The van der Waals surface area contributed by atoms with Crippen molar-refractivity contribution in [2.75, 3.05) is 26.6 Å². The predicted octanol–water partition coefficient (Wildman–Crippen LogP) is 4.67. The highest BCUT2D eigenvalue weighted by Crippen LogP contribution is 2.19. The van der Waals surface area contributed by atoms with Crippen LogP contribution in [0.1, 0.15) is 47.4 Å². The smallest absolute Gasteiger partial charge is 0.318 e. The van der Waals surface area contributed by atoms with Gasteiger partial charge in [-0.3, -0.25) is 0 Å². The van der Waals surface area contributed by atoms with Crippen molar-refractivity contribution in [1.82, 2.24) is 15.1 Å². The Hall–Kier alpha value is -2.60. The molecule has 168 valence electrons. The number of likely N-dealkylation sites (tertiary alicyclic amines) is 1. The molecule has 0 aromatic heterocycles. The van der Waals surface area contributed by atoms with Crippen LogP contribution in [0.5, 0.6) is 5.75 Å². The van der Waals surface area contributed by atoms with E-state index in [0.717, 1.165) is 5.56 Å². The van der Waals surface area contributed by atoms with E-state index in [2.05, 4.69) is 5.32 Å². The van der Waals surface area contributed by atoms with Gasteiger partial charge in [0, 0.05) is 28.7 Å². The van der Waals surface area contributed by atoms with Crippen LogP contribution in [-0.4, -0.2) is 48.4 Å². The summed E-state index contributed by atoms with van der Waals surface area (Å²) in [5.41, 5.74) is 1.35. The van der Waals surface area contributed by atoms with Gasteiger partial charge in [0.25, 0.3) is 0 Å². The number of amides is 2. The van der Waals surface area contributed by atoms with Crippen LogP contribution < -0.4 is 10.1 Å². The first-order valence-corrected chi connectivity index (χ1v) is 10.4. The molecule has 2 aromatic carbocycles. The van der Waals surface area contributed by atoms with Crippen LogP contribution in [0.3, 0.4) is 0 Å². The number of benzene rings is 2. The van der Waals surface area contributed by atoms with E-state index in [1.54, 1.807) is 12.1 Å². The van der Waals surface area contributed by atoms with Crippen LogP contribution in [0.15, 0.2) is 48.5 Å². The number of hydrogen-bond donors (Lipinski definition) is 1. The minimum absolute atomic E-state index is 0.0430. The van der Waals surface area contributed by atoms with E-state index in [-0.39, 0.29) is 18.0 Å². The number of nitrogens with zero attached hydrogens (tertiary/aromatic N) is 2.